The number of hydrogen-bond donors (Lipinski definition) is 2. The zero-order chi connectivity index (χ0) is 28.9. The molecule has 4 fully saturated rings. The Morgan fingerprint density at radius 3 is 2.13 bits per heavy atom. The zero-order valence-corrected chi connectivity index (χ0v) is 25.3. The average Bonchev–Trinajstić information content (AvgIpc) is 3.25. The monoisotopic (exact) mass is 550 g/mol. The number of hydrogen-bond acceptors (Lipinski definition) is 4. The van der Waals surface area contributed by atoms with Gasteiger partial charge < -0.3 is 5.11 Å². The Morgan fingerprint density at radius 2 is 1.50 bits per heavy atom. The van der Waals surface area contributed by atoms with Crippen LogP contribution in [0.5, 0.6) is 0 Å². The normalized spacial score (nSPS) is 40.4. The van der Waals surface area contributed by atoms with E-state index in [1.165, 1.54) is 57.8 Å². The van der Waals surface area contributed by atoms with Crippen LogP contribution < -0.4 is 0 Å². The van der Waals surface area contributed by atoms with Gasteiger partial charge >= 0.3 is 10.4 Å². The number of rotatable bonds is 8. The lowest BCUT2D eigenvalue weighted by atomic mass is 9.44. The lowest BCUT2D eigenvalue weighted by molar-refractivity contribution is -0.120. The molecule has 218 valence electrons. The van der Waals surface area contributed by atoms with Gasteiger partial charge in [0.25, 0.3) is 0 Å². The smallest absolute Gasteiger partial charge is 0.393 e. The van der Waals surface area contributed by atoms with Crippen molar-refractivity contribution in [3.05, 3.63) is 0 Å². The quantitative estimate of drug-likeness (QED) is 0.251. The van der Waals surface area contributed by atoms with E-state index >= 15 is 0 Å². The van der Waals surface area contributed by atoms with Crippen LogP contribution in [0.2, 0.25) is 0 Å². The van der Waals surface area contributed by atoms with Crippen LogP contribution in [0.15, 0.2) is 0 Å². The molecular weight excluding hydrogens is 496 g/mol. The molecule has 38 heavy (non-hydrogen) atoms. The van der Waals surface area contributed by atoms with Crippen LogP contribution in [0.25, 0.3) is 0 Å². The highest BCUT2D eigenvalue weighted by atomic mass is 32.3. The van der Waals surface area contributed by atoms with Gasteiger partial charge in [-0.15, -0.1) is 25.7 Å². The summed E-state index contributed by atoms with van der Waals surface area (Å²) in [5.74, 6) is 5.51. The first kappa shape index (κ1) is 33.2. The highest BCUT2D eigenvalue weighted by Crippen LogP contribution is 2.68. The molecule has 0 heterocycles. The molecule has 4 saturated carbocycles. The fourth-order valence-corrected chi connectivity index (χ4v) is 10.1. The van der Waals surface area contributed by atoms with E-state index in [4.69, 9.17) is 4.55 Å². The molecule has 0 bridgehead atoms. The Morgan fingerprint density at radius 1 is 0.895 bits per heavy atom. The summed E-state index contributed by atoms with van der Waals surface area (Å²) in [6, 6.07) is 0. The van der Waals surface area contributed by atoms with Crippen LogP contribution in [0.4, 0.5) is 0 Å². The van der Waals surface area contributed by atoms with Crippen LogP contribution in [0.3, 0.4) is 0 Å². The lowest BCUT2D eigenvalue weighted by Gasteiger charge is -2.61. The van der Waals surface area contributed by atoms with Gasteiger partial charge in [0.05, 0.1) is 12.7 Å². The fraction of sp³-hybridized carbons (Fsp3) is 0.875. The van der Waals surface area contributed by atoms with Crippen LogP contribution in [-0.4, -0.2) is 30.8 Å². The summed E-state index contributed by atoms with van der Waals surface area (Å²) >= 11 is 0. The van der Waals surface area contributed by atoms with Crippen molar-refractivity contribution >= 4 is 10.4 Å². The minimum Gasteiger partial charge on any atom is -0.393 e. The highest BCUT2D eigenvalue weighted by Gasteiger charge is 2.60. The summed E-state index contributed by atoms with van der Waals surface area (Å²) in [7, 11) is -4.45. The van der Waals surface area contributed by atoms with E-state index in [1.54, 1.807) is 6.92 Å². The molecular formula is C32H54O5S. The van der Waals surface area contributed by atoms with E-state index in [0.717, 1.165) is 36.0 Å². The second-order valence-corrected chi connectivity index (χ2v) is 14.7. The molecule has 4 rings (SSSR count). The molecule has 4 aliphatic rings. The molecule has 0 saturated heterocycles. The molecule has 0 spiro atoms. The number of aliphatic hydroxyl groups is 1. The van der Waals surface area contributed by atoms with Crippen molar-refractivity contribution in [2.45, 2.75) is 111 Å². The van der Waals surface area contributed by atoms with Crippen molar-refractivity contribution in [1.29, 1.82) is 0 Å². The van der Waals surface area contributed by atoms with E-state index in [0.29, 0.717) is 29.1 Å². The summed E-state index contributed by atoms with van der Waals surface area (Å²) in [6.45, 7) is 11.7. The lowest BCUT2D eigenvalue weighted by Crippen LogP contribution is -2.53. The van der Waals surface area contributed by atoms with Gasteiger partial charge in [-0.3, -0.25) is 4.55 Å². The Bertz CT molecular complexity index is 890. The van der Waals surface area contributed by atoms with Crippen molar-refractivity contribution in [1.82, 2.24) is 0 Å². The second kappa shape index (κ2) is 13.5. The van der Waals surface area contributed by atoms with Gasteiger partial charge in [0.1, 0.15) is 0 Å². The summed E-state index contributed by atoms with van der Waals surface area (Å²) < 4.78 is 34.9. The summed E-state index contributed by atoms with van der Waals surface area (Å²) in [6.07, 6.45) is 29.7. The summed E-state index contributed by atoms with van der Waals surface area (Å²) in [5.41, 5.74) is 1.00. The third-order valence-corrected chi connectivity index (χ3v) is 12.2. The molecule has 0 aliphatic heterocycles. The predicted molar refractivity (Wildman–Crippen MR) is 155 cm³/mol. The predicted octanol–water partition coefficient (Wildman–Crippen LogP) is 7.01. The standard InChI is InChI=1S/C28H50O5S.2C2H2/c1-18-12-14-27(4)21(16-18)7-8-22-24-10-9-23(28(24,5)15-13-25(22)27)19(2)6-11-26(29)20(3)17-33-34(30,31)32;2*1-2/h18-26,29H,6-17H2,1-5H3,(H,30,31,32);2*1-2H/t18?,19?,20?,21?,22?,23?,24?,25?,26?,27-,28+;;/m0../s1. The molecule has 9 unspecified atom stereocenters. The molecule has 5 nitrogen and oxygen atoms in total. The minimum absolute atomic E-state index is 0.181. The van der Waals surface area contributed by atoms with Crippen molar-refractivity contribution in [3.63, 3.8) is 0 Å². The maximum Gasteiger partial charge on any atom is 0.397 e. The average molecular weight is 551 g/mol. The highest BCUT2D eigenvalue weighted by molar-refractivity contribution is 7.80. The Labute approximate surface area is 234 Å². The van der Waals surface area contributed by atoms with Crippen LogP contribution in [0, 0.1) is 83.9 Å². The van der Waals surface area contributed by atoms with Crippen LogP contribution >= 0.6 is 0 Å². The summed E-state index contributed by atoms with van der Waals surface area (Å²) in [4.78, 5) is 0. The SMILES string of the molecule is C#C.C#C.CC1CC[C@@]2(C)C(CCC3C4CCC(C(C)CCC(O)C(C)COS(=O)(=O)O)[C@@]4(C)CCC32)C1. The van der Waals surface area contributed by atoms with Crippen molar-refractivity contribution in [2.24, 2.45) is 58.2 Å². The summed E-state index contributed by atoms with van der Waals surface area (Å²) in [5, 5.41) is 10.6. The van der Waals surface area contributed by atoms with Gasteiger partial charge in [-0.1, -0.05) is 41.0 Å². The van der Waals surface area contributed by atoms with Gasteiger partial charge in [0.2, 0.25) is 0 Å². The topological polar surface area (TPSA) is 83.8 Å². The molecule has 4 aliphatic carbocycles. The van der Waals surface area contributed by atoms with Crippen LogP contribution in [-0.2, 0) is 14.6 Å². The van der Waals surface area contributed by atoms with Gasteiger partial charge in [-0.05, 0) is 116 Å². The maximum absolute atomic E-state index is 10.8. The van der Waals surface area contributed by atoms with Crippen molar-refractivity contribution < 1.29 is 22.3 Å². The van der Waals surface area contributed by atoms with E-state index in [-0.39, 0.29) is 12.5 Å². The maximum atomic E-state index is 10.8. The third kappa shape index (κ3) is 6.98. The zero-order valence-electron chi connectivity index (χ0n) is 24.5. The van der Waals surface area contributed by atoms with Gasteiger partial charge in [-0.25, -0.2) is 4.18 Å². The van der Waals surface area contributed by atoms with Crippen molar-refractivity contribution in [3.8, 4) is 25.7 Å². The molecule has 2 N–H and O–H groups in total. The Balaban J connectivity index is 0.00000121. The van der Waals surface area contributed by atoms with Crippen LogP contribution in [0.1, 0.15) is 105 Å². The Kier molecular flexibility index (Phi) is 11.8. The second-order valence-electron chi connectivity index (χ2n) is 13.6. The largest absolute Gasteiger partial charge is 0.397 e. The van der Waals surface area contributed by atoms with E-state index in [9.17, 15) is 13.5 Å². The van der Waals surface area contributed by atoms with E-state index in [1.807, 2.05) is 0 Å². The Hall–Kier alpha value is -1.05. The molecule has 0 radical (unpaired) electrons. The number of aliphatic hydroxyl groups excluding tert-OH is 1. The van der Waals surface area contributed by atoms with Gasteiger partial charge in [0, 0.05) is 5.92 Å². The van der Waals surface area contributed by atoms with Gasteiger partial charge in [0.15, 0.2) is 0 Å². The first-order valence-corrected chi connectivity index (χ1v) is 16.2. The first-order valence-electron chi connectivity index (χ1n) is 14.8. The third-order valence-electron chi connectivity index (χ3n) is 11.7. The van der Waals surface area contributed by atoms with E-state index in [2.05, 4.69) is 57.6 Å². The molecule has 0 aromatic heterocycles. The van der Waals surface area contributed by atoms with E-state index < -0.39 is 16.5 Å². The first-order chi connectivity index (χ1) is 17.8. The molecule has 11 atom stereocenters. The molecule has 0 aromatic carbocycles. The minimum atomic E-state index is -4.45. The molecule has 0 aromatic rings. The number of terminal acetylenes is 2. The van der Waals surface area contributed by atoms with Gasteiger partial charge in [-0.2, -0.15) is 8.42 Å². The molecule has 6 heteroatoms. The molecule has 0 amide bonds. The number of fused-ring (bicyclic) bond motifs is 5. The van der Waals surface area contributed by atoms with Crippen molar-refractivity contribution in [2.75, 3.05) is 6.61 Å². The fourth-order valence-electron chi connectivity index (χ4n) is 9.67.